The molecule has 0 saturated carbocycles. The van der Waals surface area contributed by atoms with E-state index < -0.39 is 10.0 Å². The Balaban J connectivity index is 2.07. The van der Waals surface area contributed by atoms with Crippen molar-refractivity contribution < 1.29 is 13.5 Å². The zero-order valence-corrected chi connectivity index (χ0v) is 12.2. The first-order valence-corrected chi connectivity index (χ1v) is 8.18. The van der Waals surface area contributed by atoms with E-state index in [1.165, 1.54) is 6.07 Å². The third-order valence-electron chi connectivity index (χ3n) is 2.46. The maximum Gasteiger partial charge on any atom is 0.250 e. The van der Waals surface area contributed by atoms with E-state index in [1.54, 1.807) is 29.6 Å². The predicted molar refractivity (Wildman–Crippen MR) is 75.7 cm³/mol. The highest BCUT2D eigenvalue weighted by Crippen LogP contribution is 2.20. The van der Waals surface area contributed by atoms with E-state index in [9.17, 15) is 8.42 Å². The molecule has 2 rings (SSSR count). The summed E-state index contributed by atoms with van der Waals surface area (Å²) in [4.78, 5) is 0. The van der Waals surface area contributed by atoms with E-state index >= 15 is 0 Å². The summed E-state index contributed by atoms with van der Waals surface area (Å²) in [5.74, 6) is 0. The Morgan fingerprint density at radius 2 is 1.89 bits per heavy atom. The number of rotatable bonds is 5. The number of benzene rings is 1. The lowest BCUT2D eigenvalue weighted by Crippen LogP contribution is -2.22. The summed E-state index contributed by atoms with van der Waals surface area (Å²) in [6.07, 6.45) is 0. The Morgan fingerprint density at radius 1 is 1.21 bits per heavy atom. The fourth-order valence-corrected chi connectivity index (χ4v) is 3.82. The second-order valence-electron chi connectivity index (χ2n) is 3.88. The van der Waals surface area contributed by atoms with Crippen LogP contribution in [0.25, 0.3) is 0 Å². The molecule has 7 heteroatoms. The number of hydrogen-bond donors (Lipinski definition) is 2. The van der Waals surface area contributed by atoms with Crippen molar-refractivity contribution in [1.82, 2.24) is 4.72 Å². The van der Waals surface area contributed by atoms with Gasteiger partial charge >= 0.3 is 0 Å². The van der Waals surface area contributed by atoms with Crippen LogP contribution in [0, 0.1) is 0 Å². The van der Waals surface area contributed by atoms with Gasteiger partial charge in [-0.3, -0.25) is 0 Å². The summed E-state index contributed by atoms with van der Waals surface area (Å²) < 4.78 is 26.7. The lowest BCUT2D eigenvalue weighted by molar-refractivity contribution is 0.282. The SMILES string of the molecule is O=S(=O)(NCc1ccc(Cl)cc1)c1cc(CO)cs1. The fraction of sp³-hybridized carbons (Fsp3) is 0.167. The van der Waals surface area contributed by atoms with Gasteiger partial charge in [-0.2, -0.15) is 0 Å². The first kappa shape index (κ1) is 14.5. The quantitative estimate of drug-likeness (QED) is 0.889. The van der Waals surface area contributed by atoms with E-state index in [-0.39, 0.29) is 17.4 Å². The monoisotopic (exact) mass is 317 g/mol. The standard InChI is InChI=1S/C12H12ClNO3S2/c13-11-3-1-9(2-4-11)6-14-19(16,17)12-5-10(7-15)8-18-12/h1-5,8,14-15H,6-7H2. The molecule has 0 spiro atoms. The van der Waals surface area contributed by atoms with Gasteiger partial charge in [0.25, 0.3) is 0 Å². The maximum absolute atomic E-state index is 12.0. The summed E-state index contributed by atoms with van der Waals surface area (Å²) in [5, 5.41) is 11.2. The highest BCUT2D eigenvalue weighted by atomic mass is 35.5. The van der Waals surface area contributed by atoms with Crippen LogP contribution in [0.15, 0.2) is 39.9 Å². The molecule has 0 atom stereocenters. The Hall–Kier alpha value is -0.920. The molecule has 1 aromatic carbocycles. The lowest BCUT2D eigenvalue weighted by Gasteiger charge is -2.04. The van der Waals surface area contributed by atoms with Crippen molar-refractivity contribution in [3.05, 3.63) is 51.9 Å². The third kappa shape index (κ3) is 3.77. The first-order chi connectivity index (χ1) is 9.01. The number of sulfonamides is 1. The van der Waals surface area contributed by atoms with Crippen molar-refractivity contribution in [2.75, 3.05) is 0 Å². The van der Waals surface area contributed by atoms with Crippen molar-refractivity contribution in [1.29, 1.82) is 0 Å². The fourth-order valence-electron chi connectivity index (χ4n) is 1.43. The van der Waals surface area contributed by atoms with Crippen LogP contribution in [0.3, 0.4) is 0 Å². The number of halogens is 1. The summed E-state index contributed by atoms with van der Waals surface area (Å²) in [5.41, 5.74) is 1.42. The van der Waals surface area contributed by atoms with Gasteiger partial charge in [-0.15, -0.1) is 11.3 Å². The average Bonchev–Trinajstić information content (AvgIpc) is 2.88. The molecular weight excluding hydrogens is 306 g/mol. The molecule has 0 unspecified atom stereocenters. The first-order valence-electron chi connectivity index (χ1n) is 5.43. The van der Waals surface area contributed by atoms with E-state index in [1.807, 2.05) is 0 Å². The zero-order chi connectivity index (χ0) is 13.9. The number of aliphatic hydroxyl groups is 1. The number of hydrogen-bond acceptors (Lipinski definition) is 4. The van der Waals surface area contributed by atoms with Crippen molar-refractivity contribution >= 4 is 33.0 Å². The Bertz CT molecular complexity index is 650. The molecule has 0 aliphatic carbocycles. The van der Waals surface area contributed by atoms with Crippen LogP contribution in [-0.4, -0.2) is 13.5 Å². The molecule has 0 bridgehead atoms. The summed E-state index contributed by atoms with van der Waals surface area (Å²) >= 11 is 6.84. The molecule has 0 radical (unpaired) electrons. The van der Waals surface area contributed by atoms with Crippen molar-refractivity contribution in [3.8, 4) is 0 Å². The number of nitrogens with one attached hydrogen (secondary N) is 1. The molecule has 19 heavy (non-hydrogen) atoms. The van der Waals surface area contributed by atoms with Crippen LogP contribution in [0.5, 0.6) is 0 Å². The zero-order valence-electron chi connectivity index (χ0n) is 9.84. The molecular formula is C12H12ClNO3S2. The van der Waals surface area contributed by atoms with E-state index in [0.29, 0.717) is 10.6 Å². The summed E-state index contributed by atoms with van der Waals surface area (Å²) in [7, 11) is -3.53. The molecule has 0 aliphatic rings. The molecule has 0 fully saturated rings. The number of aliphatic hydroxyl groups excluding tert-OH is 1. The molecule has 0 saturated heterocycles. The van der Waals surface area contributed by atoms with Crippen molar-refractivity contribution in [2.45, 2.75) is 17.4 Å². The van der Waals surface area contributed by atoms with Gasteiger partial charge in [-0.25, -0.2) is 13.1 Å². The van der Waals surface area contributed by atoms with Gasteiger partial charge in [0.05, 0.1) is 6.61 Å². The van der Waals surface area contributed by atoms with Gasteiger partial charge in [-0.1, -0.05) is 23.7 Å². The van der Waals surface area contributed by atoms with Crippen LogP contribution in [0.2, 0.25) is 5.02 Å². The summed E-state index contributed by atoms with van der Waals surface area (Å²) in [6, 6.07) is 8.41. The molecule has 1 heterocycles. The molecule has 0 amide bonds. The van der Waals surface area contributed by atoms with Gasteiger partial charge in [0.15, 0.2) is 0 Å². The second kappa shape index (κ2) is 6.02. The largest absolute Gasteiger partial charge is 0.392 e. The highest BCUT2D eigenvalue weighted by molar-refractivity contribution is 7.91. The highest BCUT2D eigenvalue weighted by Gasteiger charge is 2.16. The van der Waals surface area contributed by atoms with Gasteiger partial charge in [0.1, 0.15) is 4.21 Å². The van der Waals surface area contributed by atoms with Gasteiger partial charge in [-0.05, 0) is 34.7 Å². The molecule has 1 aromatic heterocycles. The summed E-state index contributed by atoms with van der Waals surface area (Å²) in [6.45, 7) is 0.0368. The minimum absolute atomic E-state index is 0.163. The van der Waals surface area contributed by atoms with Crippen LogP contribution in [0.4, 0.5) is 0 Å². The topological polar surface area (TPSA) is 66.4 Å². The van der Waals surface area contributed by atoms with E-state index in [2.05, 4.69) is 4.72 Å². The molecule has 2 aromatic rings. The van der Waals surface area contributed by atoms with Crippen molar-refractivity contribution in [2.24, 2.45) is 0 Å². The van der Waals surface area contributed by atoms with Crippen LogP contribution >= 0.6 is 22.9 Å². The predicted octanol–water partition coefficient (Wildman–Crippen LogP) is 2.37. The van der Waals surface area contributed by atoms with Crippen LogP contribution in [-0.2, 0) is 23.2 Å². The van der Waals surface area contributed by atoms with Gasteiger partial charge < -0.3 is 5.11 Å². The van der Waals surface area contributed by atoms with E-state index in [4.69, 9.17) is 16.7 Å². The van der Waals surface area contributed by atoms with Gasteiger partial charge in [0, 0.05) is 11.6 Å². The minimum atomic E-state index is -3.53. The van der Waals surface area contributed by atoms with Crippen molar-refractivity contribution in [3.63, 3.8) is 0 Å². The maximum atomic E-state index is 12.0. The Labute approximate surface area is 120 Å². The average molecular weight is 318 g/mol. The third-order valence-corrected chi connectivity index (χ3v) is 5.60. The Kier molecular flexibility index (Phi) is 4.59. The smallest absolute Gasteiger partial charge is 0.250 e. The molecule has 4 nitrogen and oxygen atoms in total. The minimum Gasteiger partial charge on any atom is -0.392 e. The lowest BCUT2D eigenvalue weighted by atomic mass is 10.2. The van der Waals surface area contributed by atoms with E-state index in [0.717, 1.165) is 16.9 Å². The molecule has 102 valence electrons. The molecule has 0 aliphatic heterocycles. The normalized spacial score (nSPS) is 11.7. The number of thiophene rings is 1. The van der Waals surface area contributed by atoms with Gasteiger partial charge in [0.2, 0.25) is 10.0 Å². The Morgan fingerprint density at radius 3 is 2.47 bits per heavy atom. The second-order valence-corrected chi connectivity index (χ2v) is 7.22. The molecule has 2 N–H and O–H groups in total. The van der Waals surface area contributed by atoms with Crippen LogP contribution < -0.4 is 4.72 Å². The van der Waals surface area contributed by atoms with Crippen LogP contribution in [0.1, 0.15) is 11.1 Å².